The molecule has 0 saturated carbocycles. The van der Waals surface area contributed by atoms with Gasteiger partial charge in [-0.15, -0.1) is 0 Å². The number of nitrogens with one attached hydrogen (secondary N) is 2. The Balaban J connectivity index is 1.54. The monoisotopic (exact) mass is 406 g/mol. The highest BCUT2D eigenvalue weighted by Crippen LogP contribution is 2.31. The van der Waals surface area contributed by atoms with Crippen molar-refractivity contribution in [1.82, 2.24) is 10.3 Å². The SMILES string of the molecule is CC(=O)c1sc(NC(=O)c2ccc(N3CCNC3=O)cc2)nc1-c1ccccc1. The minimum atomic E-state index is -0.328. The van der Waals surface area contributed by atoms with Crippen LogP contribution in [0.4, 0.5) is 15.6 Å². The molecule has 0 aliphatic carbocycles. The Kier molecular flexibility index (Phi) is 5.09. The van der Waals surface area contributed by atoms with E-state index in [-0.39, 0.29) is 17.7 Å². The maximum absolute atomic E-state index is 12.6. The van der Waals surface area contributed by atoms with Crippen molar-refractivity contribution < 1.29 is 14.4 Å². The van der Waals surface area contributed by atoms with Gasteiger partial charge in [-0.25, -0.2) is 9.78 Å². The summed E-state index contributed by atoms with van der Waals surface area (Å²) in [7, 11) is 0. The number of thiazole rings is 1. The van der Waals surface area contributed by atoms with Crippen LogP contribution >= 0.6 is 11.3 Å². The van der Waals surface area contributed by atoms with Crippen molar-refractivity contribution in [2.75, 3.05) is 23.3 Å². The van der Waals surface area contributed by atoms with Crippen LogP contribution in [0, 0.1) is 0 Å². The second kappa shape index (κ2) is 7.84. The standard InChI is InChI=1S/C21H18N4O3S/c1-13(26)18-17(14-5-3-2-4-6-14)23-20(29-18)24-19(27)15-7-9-16(10-8-15)25-12-11-22-21(25)28/h2-10H,11-12H2,1H3,(H,22,28)(H,23,24,27). The minimum absolute atomic E-state index is 0.102. The molecule has 3 aromatic rings. The van der Waals surface area contributed by atoms with Gasteiger partial charge in [-0.2, -0.15) is 0 Å². The molecule has 2 N–H and O–H groups in total. The molecule has 0 atom stereocenters. The molecule has 8 heteroatoms. The highest BCUT2D eigenvalue weighted by atomic mass is 32.1. The van der Waals surface area contributed by atoms with Gasteiger partial charge in [0.25, 0.3) is 5.91 Å². The van der Waals surface area contributed by atoms with E-state index in [9.17, 15) is 14.4 Å². The van der Waals surface area contributed by atoms with Crippen LogP contribution in [0.3, 0.4) is 0 Å². The zero-order valence-electron chi connectivity index (χ0n) is 15.6. The molecule has 2 aromatic carbocycles. The molecule has 1 fully saturated rings. The van der Waals surface area contributed by atoms with Gasteiger partial charge >= 0.3 is 6.03 Å². The molecule has 29 heavy (non-hydrogen) atoms. The first-order valence-electron chi connectivity index (χ1n) is 9.07. The van der Waals surface area contributed by atoms with Gasteiger partial charge in [0.15, 0.2) is 10.9 Å². The van der Waals surface area contributed by atoms with E-state index < -0.39 is 0 Å². The Morgan fingerprint density at radius 3 is 2.45 bits per heavy atom. The summed E-state index contributed by atoms with van der Waals surface area (Å²) >= 11 is 1.16. The third kappa shape index (κ3) is 3.88. The maximum Gasteiger partial charge on any atom is 0.321 e. The molecule has 2 heterocycles. The Hall–Kier alpha value is -3.52. The number of ketones is 1. The molecule has 7 nitrogen and oxygen atoms in total. The van der Waals surface area contributed by atoms with E-state index in [1.807, 2.05) is 30.3 Å². The van der Waals surface area contributed by atoms with Gasteiger partial charge in [0.1, 0.15) is 0 Å². The van der Waals surface area contributed by atoms with Crippen molar-refractivity contribution in [3.05, 3.63) is 65.0 Å². The van der Waals surface area contributed by atoms with E-state index in [2.05, 4.69) is 15.6 Å². The zero-order chi connectivity index (χ0) is 20.4. The second-order valence-corrected chi connectivity index (χ2v) is 7.50. The number of hydrogen-bond acceptors (Lipinski definition) is 5. The first-order valence-corrected chi connectivity index (χ1v) is 9.88. The number of Topliss-reactive ketones (excluding diaryl/α,β-unsaturated/α-hetero) is 1. The van der Waals surface area contributed by atoms with Crippen LogP contribution in [0.1, 0.15) is 27.0 Å². The Morgan fingerprint density at radius 2 is 1.83 bits per heavy atom. The number of hydrogen-bond donors (Lipinski definition) is 2. The Morgan fingerprint density at radius 1 is 1.10 bits per heavy atom. The molecule has 1 aliphatic heterocycles. The number of rotatable bonds is 5. The van der Waals surface area contributed by atoms with Gasteiger partial charge in [0.05, 0.1) is 10.6 Å². The number of amides is 3. The first-order chi connectivity index (χ1) is 14.0. The molecule has 1 aliphatic rings. The van der Waals surface area contributed by atoms with Crippen molar-refractivity contribution in [3.63, 3.8) is 0 Å². The minimum Gasteiger partial charge on any atom is -0.336 e. The average molecular weight is 406 g/mol. The van der Waals surface area contributed by atoms with E-state index >= 15 is 0 Å². The lowest BCUT2D eigenvalue weighted by molar-refractivity contribution is 0.101. The molecule has 1 aromatic heterocycles. The molecular weight excluding hydrogens is 388 g/mol. The van der Waals surface area contributed by atoms with Crippen LogP contribution in [0.25, 0.3) is 11.3 Å². The number of urea groups is 1. The average Bonchev–Trinajstić information content (AvgIpc) is 3.35. The molecule has 3 amide bonds. The van der Waals surface area contributed by atoms with Crippen molar-refractivity contribution in [2.45, 2.75) is 6.92 Å². The second-order valence-electron chi connectivity index (χ2n) is 6.50. The summed E-state index contributed by atoms with van der Waals surface area (Å²) in [6.07, 6.45) is 0. The molecular formula is C21H18N4O3S. The fraction of sp³-hybridized carbons (Fsp3) is 0.143. The number of benzene rings is 2. The summed E-state index contributed by atoms with van der Waals surface area (Å²) in [5.41, 5.74) is 2.56. The van der Waals surface area contributed by atoms with Crippen molar-refractivity contribution >= 4 is 39.9 Å². The van der Waals surface area contributed by atoms with E-state index in [4.69, 9.17) is 0 Å². The van der Waals surface area contributed by atoms with E-state index in [1.54, 1.807) is 29.2 Å². The third-order valence-corrected chi connectivity index (χ3v) is 5.58. The van der Waals surface area contributed by atoms with E-state index in [0.29, 0.717) is 34.4 Å². The lowest BCUT2D eigenvalue weighted by Gasteiger charge is -2.14. The quantitative estimate of drug-likeness (QED) is 0.631. The number of aromatic nitrogens is 1. The van der Waals surface area contributed by atoms with E-state index in [0.717, 1.165) is 22.6 Å². The lowest BCUT2D eigenvalue weighted by atomic mass is 10.1. The molecule has 1 saturated heterocycles. The number of nitrogens with zero attached hydrogens (tertiary/aromatic N) is 2. The summed E-state index contributed by atoms with van der Waals surface area (Å²) in [5.74, 6) is -0.430. The molecule has 0 unspecified atom stereocenters. The van der Waals surface area contributed by atoms with Gasteiger partial charge < -0.3 is 5.32 Å². The van der Waals surface area contributed by atoms with Crippen LogP contribution in [-0.4, -0.2) is 35.8 Å². The fourth-order valence-electron chi connectivity index (χ4n) is 3.08. The molecule has 4 rings (SSSR count). The largest absolute Gasteiger partial charge is 0.336 e. The van der Waals surface area contributed by atoms with Gasteiger partial charge in [-0.05, 0) is 24.3 Å². The third-order valence-electron chi connectivity index (χ3n) is 4.51. The molecule has 146 valence electrons. The number of anilines is 2. The highest BCUT2D eigenvalue weighted by molar-refractivity contribution is 7.18. The van der Waals surface area contributed by atoms with Crippen molar-refractivity contribution in [1.29, 1.82) is 0 Å². The predicted molar refractivity (Wildman–Crippen MR) is 113 cm³/mol. The van der Waals surface area contributed by atoms with Gasteiger partial charge in [-0.1, -0.05) is 41.7 Å². The lowest BCUT2D eigenvalue weighted by Crippen LogP contribution is -2.27. The number of carbonyl (C=O) groups is 3. The summed E-state index contributed by atoms with van der Waals surface area (Å²) in [6, 6.07) is 16.0. The normalized spacial score (nSPS) is 13.3. The molecule has 0 radical (unpaired) electrons. The summed E-state index contributed by atoms with van der Waals surface area (Å²) in [5, 5.41) is 5.87. The smallest absolute Gasteiger partial charge is 0.321 e. The molecule has 0 bridgehead atoms. The Bertz CT molecular complexity index is 1080. The predicted octanol–water partition coefficient (Wildman–Crippen LogP) is 3.79. The fourth-order valence-corrected chi connectivity index (χ4v) is 3.96. The highest BCUT2D eigenvalue weighted by Gasteiger charge is 2.22. The van der Waals surface area contributed by atoms with Crippen molar-refractivity contribution in [2.24, 2.45) is 0 Å². The number of carbonyl (C=O) groups excluding carboxylic acids is 3. The van der Waals surface area contributed by atoms with Crippen LogP contribution in [0.15, 0.2) is 54.6 Å². The van der Waals surface area contributed by atoms with Gasteiger partial charge in [0, 0.05) is 36.8 Å². The summed E-state index contributed by atoms with van der Waals surface area (Å²) < 4.78 is 0. The Labute approximate surface area is 171 Å². The molecule has 0 spiro atoms. The summed E-state index contributed by atoms with van der Waals surface area (Å²) in [6.45, 7) is 2.69. The first kappa shape index (κ1) is 18.8. The zero-order valence-corrected chi connectivity index (χ0v) is 16.5. The maximum atomic E-state index is 12.6. The summed E-state index contributed by atoms with van der Waals surface area (Å²) in [4.78, 5) is 43.0. The van der Waals surface area contributed by atoms with Crippen LogP contribution < -0.4 is 15.5 Å². The van der Waals surface area contributed by atoms with Crippen LogP contribution in [-0.2, 0) is 0 Å². The van der Waals surface area contributed by atoms with Crippen LogP contribution in [0.5, 0.6) is 0 Å². The van der Waals surface area contributed by atoms with E-state index in [1.165, 1.54) is 6.92 Å². The van der Waals surface area contributed by atoms with Crippen LogP contribution in [0.2, 0.25) is 0 Å². The topological polar surface area (TPSA) is 91.4 Å². The van der Waals surface area contributed by atoms with Gasteiger partial charge in [-0.3, -0.25) is 19.8 Å². The van der Waals surface area contributed by atoms with Gasteiger partial charge in [0.2, 0.25) is 0 Å². The van der Waals surface area contributed by atoms with Crippen molar-refractivity contribution in [3.8, 4) is 11.3 Å².